The molecule has 2 aromatic rings. The van der Waals surface area contributed by atoms with Crippen molar-refractivity contribution in [3.8, 4) is 0 Å². The molecule has 0 saturated carbocycles. The van der Waals surface area contributed by atoms with Gasteiger partial charge in [0, 0.05) is 0 Å². The van der Waals surface area contributed by atoms with Gasteiger partial charge in [0.25, 0.3) is 0 Å². The molecule has 0 aliphatic carbocycles. The van der Waals surface area contributed by atoms with Crippen LogP contribution < -0.4 is 0 Å². The molecule has 2 aromatic carbocycles. The number of carboxylic acid groups (broad SMARTS) is 1. The van der Waals surface area contributed by atoms with E-state index in [1.54, 1.807) is 31.2 Å². The highest BCUT2D eigenvalue weighted by atomic mass is 19.1. The summed E-state index contributed by atoms with van der Waals surface area (Å²) in [5.41, 5.74) is 1.50. The van der Waals surface area contributed by atoms with Gasteiger partial charge in [0.15, 0.2) is 0 Å². The molecule has 104 valence electrons. The van der Waals surface area contributed by atoms with E-state index in [2.05, 4.69) is 0 Å². The molecule has 0 amide bonds. The van der Waals surface area contributed by atoms with E-state index in [-0.39, 0.29) is 12.0 Å². The van der Waals surface area contributed by atoms with Crippen molar-refractivity contribution in [3.63, 3.8) is 0 Å². The lowest BCUT2D eigenvalue weighted by atomic mass is 9.89. The van der Waals surface area contributed by atoms with Gasteiger partial charge < -0.3 is 5.11 Å². The van der Waals surface area contributed by atoms with Gasteiger partial charge in [0.1, 0.15) is 11.6 Å². The first kappa shape index (κ1) is 14.2. The molecule has 2 nitrogen and oxygen atoms in total. The molecule has 20 heavy (non-hydrogen) atoms. The largest absolute Gasteiger partial charge is 0.481 e. The van der Waals surface area contributed by atoms with E-state index in [0.717, 1.165) is 23.8 Å². The van der Waals surface area contributed by atoms with Crippen LogP contribution in [-0.4, -0.2) is 11.1 Å². The molecule has 0 saturated heterocycles. The van der Waals surface area contributed by atoms with Crippen LogP contribution in [0.3, 0.4) is 0 Å². The van der Waals surface area contributed by atoms with Crippen molar-refractivity contribution in [2.75, 3.05) is 0 Å². The van der Waals surface area contributed by atoms with Crippen LogP contribution in [0.25, 0.3) is 0 Å². The second-order valence-electron chi connectivity index (χ2n) is 4.69. The summed E-state index contributed by atoms with van der Waals surface area (Å²) in [7, 11) is 0. The smallest absolute Gasteiger partial charge is 0.311 e. The summed E-state index contributed by atoms with van der Waals surface area (Å²) in [5.74, 6) is -3.11. The zero-order valence-electron chi connectivity index (χ0n) is 10.9. The van der Waals surface area contributed by atoms with E-state index >= 15 is 0 Å². The van der Waals surface area contributed by atoms with Crippen molar-refractivity contribution in [1.29, 1.82) is 0 Å². The van der Waals surface area contributed by atoms with Crippen LogP contribution >= 0.6 is 0 Å². The van der Waals surface area contributed by atoms with Gasteiger partial charge in [-0.25, -0.2) is 8.78 Å². The summed E-state index contributed by atoms with van der Waals surface area (Å²) >= 11 is 0. The topological polar surface area (TPSA) is 37.3 Å². The normalized spacial score (nSPS) is 12.2. The molecule has 4 heteroatoms. The monoisotopic (exact) mass is 276 g/mol. The summed E-state index contributed by atoms with van der Waals surface area (Å²) in [5, 5.41) is 9.36. The molecule has 0 heterocycles. The highest BCUT2D eigenvalue weighted by Crippen LogP contribution is 2.25. The van der Waals surface area contributed by atoms with E-state index in [0.29, 0.717) is 5.56 Å². The van der Waals surface area contributed by atoms with E-state index in [4.69, 9.17) is 0 Å². The number of aryl methyl sites for hydroxylation is 1. The van der Waals surface area contributed by atoms with E-state index in [9.17, 15) is 18.7 Å². The maximum absolute atomic E-state index is 13.7. The summed E-state index contributed by atoms with van der Waals surface area (Å²) in [6, 6.07) is 10.1. The van der Waals surface area contributed by atoms with Crippen molar-refractivity contribution >= 4 is 5.97 Å². The Kier molecular flexibility index (Phi) is 4.13. The second-order valence-corrected chi connectivity index (χ2v) is 4.69. The predicted octanol–water partition coefficient (Wildman–Crippen LogP) is 3.68. The highest BCUT2D eigenvalue weighted by molar-refractivity contribution is 5.77. The zero-order chi connectivity index (χ0) is 14.7. The number of halogens is 2. The molecule has 0 spiro atoms. The maximum Gasteiger partial charge on any atom is 0.311 e. The molecule has 2 rings (SSSR count). The Hall–Kier alpha value is -2.23. The van der Waals surface area contributed by atoms with Gasteiger partial charge in [-0.3, -0.25) is 4.79 Å². The van der Waals surface area contributed by atoms with Gasteiger partial charge in [0.05, 0.1) is 5.92 Å². The lowest BCUT2D eigenvalue weighted by Gasteiger charge is -2.15. The minimum atomic E-state index is -1.05. The first-order chi connectivity index (χ1) is 9.49. The van der Waals surface area contributed by atoms with Crippen molar-refractivity contribution in [3.05, 3.63) is 70.8 Å². The van der Waals surface area contributed by atoms with Gasteiger partial charge in [-0.1, -0.05) is 24.3 Å². The fraction of sp³-hybridized carbons (Fsp3) is 0.188. The average molecular weight is 276 g/mol. The molecular formula is C16H14F2O2. The average Bonchev–Trinajstić information content (AvgIpc) is 2.40. The van der Waals surface area contributed by atoms with Crippen LogP contribution in [0.4, 0.5) is 8.78 Å². The van der Waals surface area contributed by atoms with E-state index in [1.807, 2.05) is 0 Å². The lowest BCUT2D eigenvalue weighted by Crippen LogP contribution is -2.16. The number of aliphatic carboxylic acids is 1. The van der Waals surface area contributed by atoms with Gasteiger partial charge in [-0.2, -0.15) is 0 Å². The van der Waals surface area contributed by atoms with Crippen LogP contribution in [0, 0.1) is 18.6 Å². The Bertz CT molecular complexity index is 638. The van der Waals surface area contributed by atoms with Gasteiger partial charge >= 0.3 is 5.97 Å². The summed E-state index contributed by atoms with van der Waals surface area (Å²) in [4.78, 5) is 11.4. The molecule has 0 bridgehead atoms. The summed E-state index contributed by atoms with van der Waals surface area (Å²) in [6.07, 6.45) is -0.0796. The first-order valence-corrected chi connectivity index (χ1v) is 6.21. The molecular weight excluding hydrogens is 262 g/mol. The molecule has 0 aliphatic rings. The first-order valence-electron chi connectivity index (χ1n) is 6.21. The van der Waals surface area contributed by atoms with Crippen LogP contribution in [-0.2, 0) is 11.2 Å². The zero-order valence-corrected chi connectivity index (χ0v) is 10.9. The minimum Gasteiger partial charge on any atom is -0.481 e. The maximum atomic E-state index is 13.7. The van der Waals surface area contributed by atoms with Crippen LogP contribution in [0.2, 0.25) is 0 Å². The number of benzene rings is 2. The van der Waals surface area contributed by atoms with Crippen molar-refractivity contribution in [2.45, 2.75) is 19.3 Å². The van der Waals surface area contributed by atoms with E-state index < -0.39 is 23.5 Å². The fourth-order valence-electron chi connectivity index (χ4n) is 2.23. The Balaban J connectivity index is 2.38. The van der Waals surface area contributed by atoms with Crippen LogP contribution in [0.5, 0.6) is 0 Å². The standard InChI is InChI=1S/C16H14F2O2/c1-10-4-2-3-5-13(10)14(16(19)20)9-11-8-12(17)6-7-15(11)18/h2-8,14H,9H2,1H3,(H,19,20). The van der Waals surface area contributed by atoms with Crippen molar-refractivity contribution in [1.82, 2.24) is 0 Å². The van der Waals surface area contributed by atoms with Crippen molar-refractivity contribution in [2.24, 2.45) is 0 Å². The Morgan fingerprint density at radius 3 is 2.55 bits per heavy atom. The molecule has 1 atom stereocenters. The van der Waals surface area contributed by atoms with Crippen LogP contribution in [0.15, 0.2) is 42.5 Å². The molecule has 0 aromatic heterocycles. The number of carboxylic acids is 1. The lowest BCUT2D eigenvalue weighted by molar-refractivity contribution is -0.138. The SMILES string of the molecule is Cc1ccccc1C(Cc1cc(F)ccc1F)C(=O)O. The molecule has 1 unspecified atom stereocenters. The quantitative estimate of drug-likeness (QED) is 0.924. The predicted molar refractivity (Wildman–Crippen MR) is 71.6 cm³/mol. The van der Waals surface area contributed by atoms with Gasteiger partial charge in [0.2, 0.25) is 0 Å². The third kappa shape index (κ3) is 3.02. The Labute approximate surface area is 115 Å². The second kappa shape index (κ2) is 5.82. The summed E-state index contributed by atoms with van der Waals surface area (Å²) < 4.78 is 26.8. The number of carbonyl (C=O) groups is 1. The van der Waals surface area contributed by atoms with Crippen molar-refractivity contribution < 1.29 is 18.7 Å². The highest BCUT2D eigenvalue weighted by Gasteiger charge is 2.23. The number of rotatable bonds is 4. The third-order valence-electron chi connectivity index (χ3n) is 3.29. The van der Waals surface area contributed by atoms with Gasteiger partial charge in [-0.05, 0) is 48.2 Å². The third-order valence-corrected chi connectivity index (χ3v) is 3.29. The number of hydrogen-bond donors (Lipinski definition) is 1. The van der Waals surface area contributed by atoms with E-state index in [1.165, 1.54) is 0 Å². The Morgan fingerprint density at radius 2 is 1.90 bits per heavy atom. The molecule has 1 N–H and O–H groups in total. The summed E-state index contributed by atoms with van der Waals surface area (Å²) in [6.45, 7) is 1.80. The van der Waals surface area contributed by atoms with Gasteiger partial charge in [-0.15, -0.1) is 0 Å². The van der Waals surface area contributed by atoms with Crippen LogP contribution in [0.1, 0.15) is 22.6 Å². The number of hydrogen-bond acceptors (Lipinski definition) is 1. The molecule has 0 fully saturated rings. The molecule has 0 aliphatic heterocycles. The Morgan fingerprint density at radius 1 is 1.20 bits per heavy atom. The molecule has 0 radical (unpaired) electrons. The minimum absolute atomic E-state index is 0.0700. The fourth-order valence-corrected chi connectivity index (χ4v) is 2.23.